The van der Waals surface area contributed by atoms with Crippen molar-refractivity contribution in [1.29, 1.82) is 0 Å². The third-order valence-corrected chi connectivity index (χ3v) is 4.70. The van der Waals surface area contributed by atoms with Crippen molar-refractivity contribution < 1.29 is 8.42 Å². The standard InChI is InChI=1S/C10H19N5O2S/c1-11-18(16,17)15(9-7-12-14(3)8-9)10-5-4-6-13(10)2/h7-8,10-11H,4-6H2,1-3H3/t10-/m1/s1. The molecule has 0 radical (unpaired) electrons. The molecule has 1 atom stereocenters. The molecule has 0 aromatic carbocycles. The maximum absolute atomic E-state index is 12.2. The molecule has 1 N–H and O–H groups in total. The molecule has 1 saturated heterocycles. The van der Waals surface area contributed by atoms with Crippen LogP contribution in [0.1, 0.15) is 12.8 Å². The molecule has 18 heavy (non-hydrogen) atoms. The third kappa shape index (κ3) is 2.36. The molecule has 0 saturated carbocycles. The number of hydrogen-bond donors (Lipinski definition) is 1. The maximum atomic E-state index is 12.2. The fourth-order valence-corrected chi connectivity index (χ4v) is 3.44. The Labute approximate surface area is 108 Å². The SMILES string of the molecule is CNS(=O)(=O)N(c1cnn(C)c1)[C@@H]1CCCN1C. The fraction of sp³-hybridized carbons (Fsp3) is 0.700. The molecular weight excluding hydrogens is 254 g/mol. The van der Waals surface area contributed by atoms with Gasteiger partial charge >= 0.3 is 10.2 Å². The first-order valence-electron chi connectivity index (χ1n) is 5.87. The first-order valence-corrected chi connectivity index (χ1v) is 7.31. The van der Waals surface area contributed by atoms with Crippen LogP contribution < -0.4 is 9.03 Å². The normalized spacial score (nSPS) is 21.4. The van der Waals surface area contributed by atoms with Gasteiger partial charge in [-0.3, -0.25) is 9.58 Å². The van der Waals surface area contributed by atoms with E-state index in [1.165, 1.54) is 11.4 Å². The maximum Gasteiger partial charge on any atom is 0.302 e. The van der Waals surface area contributed by atoms with Gasteiger partial charge in [0.15, 0.2) is 0 Å². The highest BCUT2D eigenvalue weighted by atomic mass is 32.2. The monoisotopic (exact) mass is 273 g/mol. The van der Waals surface area contributed by atoms with Crippen LogP contribution in [0.3, 0.4) is 0 Å². The molecule has 2 heterocycles. The number of aryl methyl sites for hydroxylation is 1. The molecule has 0 amide bonds. The summed E-state index contributed by atoms with van der Waals surface area (Å²) < 4.78 is 29.8. The number of nitrogens with one attached hydrogen (secondary N) is 1. The number of anilines is 1. The van der Waals surface area contributed by atoms with Gasteiger partial charge in [-0.1, -0.05) is 0 Å². The van der Waals surface area contributed by atoms with Gasteiger partial charge in [-0.15, -0.1) is 0 Å². The lowest BCUT2D eigenvalue weighted by atomic mass is 10.3. The molecule has 2 rings (SSSR count). The van der Waals surface area contributed by atoms with Crippen molar-refractivity contribution >= 4 is 15.9 Å². The van der Waals surface area contributed by atoms with Gasteiger partial charge in [0.1, 0.15) is 0 Å². The Bertz CT molecular complexity index is 512. The molecule has 1 aliphatic rings. The molecule has 0 spiro atoms. The molecule has 0 bridgehead atoms. The molecule has 1 aromatic heterocycles. The molecule has 0 aliphatic carbocycles. The zero-order chi connectivity index (χ0) is 13.3. The number of nitrogens with zero attached hydrogens (tertiary/aromatic N) is 4. The number of likely N-dealkylation sites (tertiary alicyclic amines) is 1. The van der Waals surface area contributed by atoms with Crippen LogP contribution in [0.2, 0.25) is 0 Å². The summed E-state index contributed by atoms with van der Waals surface area (Å²) in [5, 5.41) is 4.05. The number of rotatable bonds is 4. The largest absolute Gasteiger partial charge is 0.302 e. The predicted molar refractivity (Wildman–Crippen MR) is 69.3 cm³/mol. The first-order chi connectivity index (χ1) is 8.45. The Morgan fingerprint density at radius 2 is 2.22 bits per heavy atom. The lowest BCUT2D eigenvalue weighted by Crippen LogP contribution is -2.50. The summed E-state index contributed by atoms with van der Waals surface area (Å²) in [4.78, 5) is 2.04. The molecule has 1 aromatic rings. The van der Waals surface area contributed by atoms with E-state index in [0.29, 0.717) is 5.69 Å². The van der Waals surface area contributed by atoms with Gasteiger partial charge in [-0.2, -0.15) is 13.5 Å². The molecule has 7 nitrogen and oxygen atoms in total. The summed E-state index contributed by atoms with van der Waals surface area (Å²) in [6, 6.07) is 0. The van der Waals surface area contributed by atoms with Crippen molar-refractivity contribution in [2.75, 3.05) is 24.9 Å². The van der Waals surface area contributed by atoms with Gasteiger partial charge in [-0.05, 0) is 26.4 Å². The summed E-state index contributed by atoms with van der Waals surface area (Å²) in [6.45, 7) is 0.903. The van der Waals surface area contributed by atoms with Gasteiger partial charge < -0.3 is 0 Å². The second-order valence-electron chi connectivity index (χ2n) is 4.48. The Morgan fingerprint density at radius 3 is 2.67 bits per heavy atom. The third-order valence-electron chi connectivity index (χ3n) is 3.22. The topological polar surface area (TPSA) is 70.5 Å². The lowest BCUT2D eigenvalue weighted by Gasteiger charge is -2.32. The quantitative estimate of drug-likeness (QED) is 0.821. The average molecular weight is 273 g/mol. The van der Waals surface area contributed by atoms with E-state index in [-0.39, 0.29) is 6.17 Å². The minimum atomic E-state index is -3.53. The van der Waals surface area contributed by atoms with Crippen molar-refractivity contribution in [1.82, 2.24) is 19.4 Å². The van der Waals surface area contributed by atoms with E-state index in [1.54, 1.807) is 24.1 Å². The van der Waals surface area contributed by atoms with Crippen molar-refractivity contribution in [3.05, 3.63) is 12.4 Å². The second-order valence-corrected chi connectivity index (χ2v) is 6.23. The zero-order valence-corrected chi connectivity index (χ0v) is 11.7. The van der Waals surface area contributed by atoms with Crippen LogP contribution in [0.4, 0.5) is 5.69 Å². The second kappa shape index (κ2) is 4.87. The van der Waals surface area contributed by atoms with Gasteiger partial charge in [-0.25, -0.2) is 9.03 Å². The Kier molecular flexibility index (Phi) is 3.60. The highest BCUT2D eigenvalue weighted by Gasteiger charge is 2.35. The highest BCUT2D eigenvalue weighted by molar-refractivity contribution is 7.90. The Hall–Kier alpha value is -1.12. The molecule has 1 fully saturated rings. The molecule has 1 aliphatic heterocycles. The highest BCUT2D eigenvalue weighted by Crippen LogP contribution is 2.27. The van der Waals surface area contributed by atoms with E-state index >= 15 is 0 Å². The van der Waals surface area contributed by atoms with Crippen molar-refractivity contribution in [3.63, 3.8) is 0 Å². The van der Waals surface area contributed by atoms with E-state index in [0.717, 1.165) is 19.4 Å². The Balaban J connectivity index is 2.41. The lowest BCUT2D eigenvalue weighted by molar-refractivity contribution is 0.319. The molecule has 8 heteroatoms. The van der Waals surface area contributed by atoms with Crippen molar-refractivity contribution in [3.8, 4) is 0 Å². The van der Waals surface area contributed by atoms with E-state index in [4.69, 9.17) is 0 Å². The van der Waals surface area contributed by atoms with Crippen LogP contribution in [-0.4, -0.2) is 49.9 Å². The molecule has 102 valence electrons. The van der Waals surface area contributed by atoms with Crippen LogP contribution in [0.15, 0.2) is 12.4 Å². The van der Waals surface area contributed by atoms with Gasteiger partial charge in [0.25, 0.3) is 0 Å². The van der Waals surface area contributed by atoms with Crippen molar-refractivity contribution in [2.24, 2.45) is 7.05 Å². The number of hydrogen-bond acceptors (Lipinski definition) is 4. The molecular formula is C10H19N5O2S. The molecule has 0 unspecified atom stereocenters. The van der Waals surface area contributed by atoms with E-state index in [1.807, 2.05) is 11.9 Å². The Morgan fingerprint density at radius 1 is 1.50 bits per heavy atom. The smallest absolute Gasteiger partial charge is 0.286 e. The van der Waals surface area contributed by atoms with E-state index in [2.05, 4.69) is 9.82 Å². The van der Waals surface area contributed by atoms with Gasteiger partial charge in [0, 0.05) is 20.3 Å². The minimum Gasteiger partial charge on any atom is -0.286 e. The van der Waals surface area contributed by atoms with Crippen LogP contribution in [0, 0.1) is 0 Å². The summed E-state index contributed by atoms with van der Waals surface area (Å²) in [5.74, 6) is 0. The zero-order valence-electron chi connectivity index (χ0n) is 10.9. The predicted octanol–water partition coefficient (Wildman–Crippen LogP) is -0.258. The summed E-state index contributed by atoms with van der Waals surface area (Å²) in [5.41, 5.74) is 0.589. The van der Waals surface area contributed by atoms with Crippen LogP contribution in [0.25, 0.3) is 0 Å². The van der Waals surface area contributed by atoms with Gasteiger partial charge in [0.05, 0.1) is 18.1 Å². The first kappa shape index (κ1) is 13.3. The van der Waals surface area contributed by atoms with Crippen molar-refractivity contribution in [2.45, 2.75) is 19.0 Å². The van der Waals surface area contributed by atoms with Crippen LogP contribution >= 0.6 is 0 Å². The minimum absolute atomic E-state index is 0.147. The van der Waals surface area contributed by atoms with Crippen LogP contribution in [0.5, 0.6) is 0 Å². The number of aromatic nitrogens is 2. The summed E-state index contributed by atoms with van der Waals surface area (Å²) in [7, 11) is 1.60. The summed E-state index contributed by atoms with van der Waals surface area (Å²) in [6.07, 6.45) is 4.96. The average Bonchev–Trinajstić information content (AvgIpc) is 2.90. The van der Waals surface area contributed by atoms with E-state index in [9.17, 15) is 8.42 Å². The van der Waals surface area contributed by atoms with E-state index < -0.39 is 10.2 Å². The summed E-state index contributed by atoms with van der Waals surface area (Å²) >= 11 is 0. The fourth-order valence-electron chi connectivity index (χ4n) is 2.28. The van der Waals surface area contributed by atoms with Crippen LogP contribution in [-0.2, 0) is 17.3 Å². The van der Waals surface area contributed by atoms with Gasteiger partial charge in [0.2, 0.25) is 0 Å².